The Morgan fingerprint density at radius 3 is 2.82 bits per heavy atom. The maximum absolute atomic E-state index is 9.67. The van der Waals surface area contributed by atoms with Crippen molar-refractivity contribution in [3.05, 3.63) is 16.8 Å². The normalized spacial score (nSPS) is 28.5. The van der Waals surface area contributed by atoms with E-state index in [1.807, 2.05) is 11.3 Å². The van der Waals surface area contributed by atoms with Gasteiger partial charge in [-0.3, -0.25) is 0 Å². The van der Waals surface area contributed by atoms with Crippen LogP contribution in [0.15, 0.2) is 6.33 Å². The number of anilines is 1. The third kappa shape index (κ3) is 2.61. The van der Waals surface area contributed by atoms with Crippen molar-refractivity contribution in [2.45, 2.75) is 64.0 Å². The Kier molecular flexibility index (Phi) is 3.78. The van der Waals surface area contributed by atoms with E-state index in [0.717, 1.165) is 48.7 Å². The number of fused-ring (bicyclic) bond motifs is 3. The van der Waals surface area contributed by atoms with E-state index in [4.69, 9.17) is 0 Å². The molecule has 0 amide bonds. The molecule has 0 radical (unpaired) electrons. The minimum atomic E-state index is -0.113. The zero-order valence-corrected chi connectivity index (χ0v) is 13.8. The second-order valence-corrected chi connectivity index (χ2v) is 7.99. The van der Waals surface area contributed by atoms with E-state index in [-0.39, 0.29) is 6.10 Å². The third-order valence-corrected chi connectivity index (χ3v) is 6.32. The van der Waals surface area contributed by atoms with E-state index < -0.39 is 0 Å². The van der Waals surface area contributed by atoms with Crippen LogP contribution in [0.1, 0.15) is 49.5 Å². The summed E-state index contributed by atoms with van der Waals surface area (Å²) in [6.07, 6.45) is 9.04. The SMILES string of the molecule is C[C@@H]1CCc2sc3ncnc(NC4CCC(O)CC4)c3c2C1. The Morgan fingerprint density at radius 2 is 2.00 bits per heavy atom. The quantitative estimate of drug-likeness (QED) is 0.889. The minimum absolute atomic E-state index is 0.113. The van der Waals surface area contributed by atoms with E-state index in [1.54, 1.807) is 6.33 Å². The van der Waals surface area contributed by atoms with Crippen LogP contribution in [0.3, 0.4) is 0 Å². The van der Waals surface area contributed by atoms with Crippen LogP contribution in [0.2, 0.25) is 0 Å². The van der Waals surface area contributed by atoms with Crippen molar-refractivity contribution in [2.75, 3.05) is 5.32 Å². The van der Waals surface area contributed by atoms with Gasteiger partial charge in [-0.2, -0.15) is 0 Å². The molecule has 4 rings (SSSR count). The first-order chi connectivity index (χ1) is 10.7. The number of nitrogens with one attached hydrogen (secondary N) is 1. The molecular formula is C17H23N3OS. The van der Waals surface area contributed by atoms with Crippen molar-refractivity contribution in [3.8, 4) is 0 Å². The Hall–Kier alpha value is -1.20. The van der Waals surface area contributed by atoms with Crippen molar-refractivity contribution in [1.29, 1.82) is 0 Å². The van der Waals surface area contributed by atoms with Gasteiger partial charge in [0.05, 0.1) is 11.5 Å². The molecule has 5 heteroatoms. The number of hydrogen-bond acceptors (Lipinski definition) is 5. The van der Waals surface area contributed by atoms with Gasteiger partial charge in [-0.25, -0.2) is 9.97 Å². The lowest BCUT2D eigenvalue weighted by Crippen LogP contribution is -2.28. The first kappa shape index (κ1) is 14.4. The molecule has 2 heterocycles. The number of thiophene rings is 1. The van der Waals surface area contributed by atoms with Gasteiger partial charge in [0.1, 0.15) is 17.0 Å². The van der Waals surface area contributed by atoms with Crippen molar-refractivity contribution in [1.82, 2.24) is 9.97 Å². The summed E-state index contributed by atoms with van der Waals surface area (Å²) in [6.45, 7) is 2.34. The predicted molar refractivity (Wildman–Crippen MR) is 90.5 cm³/mol. The van der Waals surface area contributed by atoms with Crippen LogP contribution >= 0.6 is 11.3 Å². The van der Waals surface area contributed by atoms with Gasteiger partial charge in [0, 0.05) is 10.9 Å². The minimum Gasteiger partial charge on any atom is -0.393 e. The predicted octanol–water partition coefficient (Wildman–Crippen LogP) is 3.53. The zero-order chi connectivity index (χ0) is 15.1. The highest BCUT2D eigenvalue weighted by Crippen LogP contribution is 2.40. The Morgan fingerprint density at radius 1 is 1.18 bits per heavy atom. The lowest BCUT2D eigenvalue weighted by molar-refractivity contribution is 0.126. The van der Waals surface area contributed by atoms with Gasteiger partial charge < -0.3 is 10.4 Å². The molecule has 118 valence electrons. The first-order valence-electron chi connectivity index (χ1n) is 8.40. The Bertz CT molecular complexity index is 676. The molecule has 0 bridgehead atoms. The molecule has 0 saturated heterocycles. The molecule has 0 aliphatic heterocycles. The average Bonchev–Trinajstić information content (AvgIpc) is 2.88. The van der Waals surface area contributed by atoms with Crippen molar-refractivity contribution in [3.63, 3.8) is 0 Å². The summed E-state index contributed by atoms with van der Waals surface area (Å²) in [5, 5.41) is 14.6. The van der Waals surface area contributed by atoms with E-state index >= 15 is 0 Å². The lowest BCUT2D eigenvalue weighted by Gasteiger charge is -2.27. The second kappa shape index (κ2) is 5.78. The summed E-state index contributed by atoms with van der Waals surface area (Å²) in [7, 11) is 0. The van der Waals surface area contributed by atoms with E-state index in [1.165, 1.54) is 28.7 Å². The second-order valence-electron chi connectivity index (χ2n) is 6.90. The van der Waals surface area contributed by atoms with Gasteiger partial charge in [0.15, 0.2) is 0 Å². The van der Waals surface area contributed by atoms with Gasteiger partial charge >= 0.3 is 0 Å². The van der Waals surface area contributed by atoms with Gasteiger partial charge in [0.25, 0.3) is 0 Å². The molecule has 2 aromatic rings. The summed E-state index contributed by atoms with van der Waals surface area (Å²) >= 11 is 1.85. The molecule has 1 saturated carbocycles. The summed E-state index contributed by atoms with van der Waals surface area (Å²) in [5.41, 5.74) is 1.48. The topological polar surface area (TPSA) is 58.0 Å². The number of aliphatic hydroxyl groups is 1. The molecule has 22 heavy (non-hydrogen) atoms. The van der Waals surface area contributed by atoms with Crippen LogP contribution in [0.25, 0.3) is 10.2 Å². The first-order valence-corrected chi connectivity index (χ1v) is 9.22. The fourth-order valence-corrected chi connectivity index (χ4v) is 4.99. The highest BCUT2D eigenvalue weighted by Gasteiger charge is 2.25. The number of nitrogens with zero attached hydrogens (tertiary/aromatic N) is 2. The number of aryl methyl sites for hydroxylation is 1. The smallest absolute Gasteiger partial charge is 0.138 e. The van der Waals surface area contributed by atoms with Crippen LogP contribution in [-0.2, 0) is 12.8 Å². The number of hydrogen-bond donors (Lipinski definition) is 2. The molecule has 0 spiro atoms. The zero-order valence-electron chi connectivity index (χ0n) is 13.0. The summed E-state index contributed by atoms with van der Waals surface area (Å²) in [4.78, 5) is 11.7. The summed E-state index contributed by atoms with van der Waals surface area (Å²) < 4.78 is 0. The lowest BCUT2D eigenvalue weighted by atomic mass is 9.88. The number of aromatic nitrogens is 2. The van der Waals surface area contributed by atoms with Crippen molar-refractivity contribution < 1.29 is 5.11 Å². The maximum Gasteiger partial charge on any atom is 0.138 e. The maximum atomic E-state index is 9.67. The van der Waals surface area contributed by atoms with Crippen LogP contribution in [0.4, 0.5) is 5.82 Å². The monoisotopic (exact) mass is 317 g/mol. The van der Waals surface area contributed by atoms with E-state index in [2.05, 4.69) is 22.2 Å². The molecule has 2 aliphatic rings. The standard InChI is InChI=1S/C17H23N3OS/c1-10-2-7-14-13(8-10)15-16(18-9-19-17(15)22-14)20-11-3-5-12(21)6-4-11/h9-12,21H,2-8H2,1H3,(H,18,19,20)/t10-,11?,12?/m1/s1. The molecule has 2 aromatic heterocycles. The molecule has 1 fully saturated rings. The molecular weight excluding hydrogens is 294 g/mol. The Balaban J connectivity index is 1.67. The van der Waals surface area contributed by atoms with Crippen LogP contribution in [0, 0.1) is 5.92 Å². The van der Waals surface area contributed by atoms with Crippen LogP contribution < -0.4 is 5.32 Å². The van der Waals surface area contributed by atoms with E-state index in [9.17, 15) is 5.11 Å². The highest BCUT2D eigenvalue weighted by molar-refractivity contribution is 7.19. The van der Waals surface area contributed by atoms with Crippen LogP contribution in [-0.4, -0.2) is 27.2 Å². The van der Waals surface area contributed by atoms with Gasteiger partial charge in [-0.05, 0) is 56.4 Å². The number of rotatable bonds is 2. The van der Waals surface area contributed by atoms with Crippen molar-refractivity contribution >= 4 is 27.4 Å². The average molecular weight is 317 g/mol. The molecule has 2 N–H and O–H groups in total. The molecule has 0 aromatic carbocycles. The number of aliphatic hydroxyl groups excluding tert-OH is 1. The summed E-state index contributed by atoms with van der Waals surface area (Å²) in [6, 6.07) is 0.429. The Labute approximate surface area is 135 Å². The van der Waals surface area contributed by atoms with Gasteiger partial charge in [0.2, 0.25) is 0 Å². The van der Waals surface area contributed by atoms with Gasteiger partial charge in [-0.15, -0.1) is 11.3 Å². The van der Waals surface area contributed by atoms with Crippen LogP contribution in [0.5, 0.6) is 0 Å². The fourth-order valence-electron chi connectivity index (χ4n) is 3.81. The largest absolute Gasteiger partial charge is 0.393 e. The highest BCUT2D eigenvalue weighted by atomic mass is 32.1. The third-order valence-electron chi connectivity index (χ3n) is 5.13. The molecule has 0 unspecified atom stereocenters. The van der Waals surface area contributed by atoms with E-state index in [0.29, 0.717) is 6.04 Å². The molecule has 1 atom stereocenters. The molecule has 4 nitrogen and oxygen atoms in total. The molecule has 2 aliphatic carbocycles. The summed E-state index contributed by atoms with van der Waals surface area (Å²) in [5.74, 6) is 1.76. The fraction of sp³-hybridized carbons (Fsp3) is 0.647. The van der Waals surface area contributed by atoms with Crippen molar-refractivity contribution in [2.24, 2.45) is 5.92 Å². The van der Waals surface area contributed by atoms with Gasteiger partial charge in [-0.1, -0.05) is 6.92 Å².